The first-order valence-electron chi connectivity index (χ1n) is 14.4. The smallest absolute Gasteiger partial charge is 0.268 e. The summed E-state index contributed by atoms with van der Waals surface area (Å²) in [6.07, 6.45) is 0. The molecule has 6 aromatic carbocycles. The van der Waals surface area contributed by atoms with Crippen LogP contribution in [0.3, 0.4) is 0 Å². The molecule has 0 N–H and O–H groups in total. The molecule has 8 rings (SSSR count). The molecule has 43 heavy (non-hydrogen) atoms. The number of para-hydroxylation sites is 1. The minimum atomic E-state index is -0.321. The van der Waals surface area contributed by atoms with Crippen LogP contribution in [0.2, 0.25) is 0 Å². The average molecular weight is 555 g/mol. The molecule has 2 amide bonds. The van der Waals surface area contributed by atoms with E-state index in [4.69, 9.17) is 0 Å². The lowest BCUT2D eigenvalue weighted by molar-refractivity contribution is 0.0926. The van der Waals surface area contributed by atoms with E-state index in [0.717, 1.165) is 44.1 Å². The Morgan fingerprint density at radius 3 is 1.95 bits per heavy atom. The van der Waals surface area contributed by atoms with E-state index in [0.29, 0.717) is 22.5 Å². The zero-order valence-electron chi connectivity index (χ0n) is 23.5. The highest BCUT2D eigenvalue weighted by Crippen LogP contribution is 2.41. The largest absolute Gasteiger partial charge is 0.308 e. The number of aromatic nitrogens is 1. The molecule has 0 radical (unpaired) electrons. The third-order valence-corrected chi connectivity index (χ3v) is 8.39. The van der Waals surface area contributed by atoms with Gasteiger partial charge in [-0.3, -0.25) is 9.59 Å². The van der Waals surface area contributed by atoms with Crippen molar-refractivity contribution < 1.29 is 9.59 Å². The Morgan fingerprint density at radius 1 is 0.465 bits per heavy atom. The summed E-state index contributed by atoms with van der Waals surface area (Å²) in [5.41, 5.74) is 9.10. The van der Waals surface area contributed by atoms with E-state index in [9.17, 15) is 9.59 Å². The summed E-state index contributed by atoms with van der Waals surface area (Å²) in [6, 6.07) is 46.1. The van der Waals surface area contributed by atoms with Crippen molar-refractivity contribution in [2.24, 2.45) is 0 Å². The average Bonchev–Trinajstić information content (AvgIpc) is 3.52. The van der Waals surface area contributed by atoms with Crippen LogP contribution >= 0.6 is 0 Å². The first kappa shape index (κ1) is 25.0. The van der Waals surface area contributed by atoms with E-state index in [1.807, 2.05) is 84.9 Å². The highest BCUT2D eigenvalue weighted by molar-refractivity contribution is 6.36. The number of anilines is 1. The highest BCUT2D eigenvalue weighted by atomic mass is 16.2. The molecule has 204 valence electrons. The van der Waals surface area contributed by atoms with Crippen LogP contribution in [0, 0.1) is 6.92 Å². The Balaban J connectivity index is 1.33. The van der Waals surface area contributed by atoms with Gasteiger partial charge in [0.25, 0.3) is 11.8 Å². The first-order chi connectivity index (χ1) is 21.1. The molecule has 1 aliphatic rings. The minimum absolute atomic E-state index is 0.317. The van der Waals surface area contributed by atoms with Gasteiger partial charge in [-0.05, 0) is 66.1 Å². The number of imide groups is 1. The summed E-state index contributed by atoms with van der Waals surface area (Å²) in [6.45, 7) is 2.08. The fourth-order valence-corrected chi connectivity index (χ4v) is 6.41. The Hall–Kier alpha value is -5.74. The molecule has 0 saturated carbocycles. The van der Waals surface area contributed by atoms with E-state index in [-0.39, 0.29) is 11.8 Å². The number of fused-ring (bicyclic) bond motifs is 4. The van der Waals surface area contributed by atoms with Crippen molar-refractivity contribution in [3.63, 3.8) is 0 Å². The summed E-state index contributed by atoms with van der Waals surface area (Å²) < 4.78 is 2.12. The maximum atomic E-state index is 14.5. The van der Waals surface area contributed by atoms with Crippen LogP contribution in [0.15, 0.2) is 140 Å². The summed E-state index contributed by atoms with van der Waals surface area (Å²) in [5.74, 6) is -0.638. The molecule has 1 aliphatic heterocycles. The third kappa shape index (κ3) is 3.84. The van der Waals surface area contributed by atoms with Gasteiger partial charge in [-0.15, -0.1) is 0 Å². The van der Waals surface area contributed by atoms with Crippen LogP contribution in [-0.4, -0.2) is 16.4 Å². The van der Waals surface area contributed by atoms with Crippen molar-refractivity contribution in [2.75, 3.05) is 4.90 Å². The standard InChI is InChI=1S/C39H26N2O2/c1-25-19-21-35-32(23-25)29-15-8-9-17-33(29)40(35)36-18-10-16-30-37(36)39(43)41(38(30)42)34-22-20-28(26-11-4-2-5-12-26)24-31(34)27-13-6-3-7-14-27/h2-24H,1H3. The molecule has 1 aromatic heterocycles. The number of nitrogens with zero attached hydrogens (tertiary/aromatic N) is 2. The molecule has 2 heterocycles. The van der Waals surface area contributed by atoms with Gasteiger partial charge in [0.15, 0.2) is 0 Å². The van der Waals surface area contributed by atoms with Crippen LogP contribution in [0.5, 0.6) is 0 Å². The van der Waals surface area contributed by atoms with Crippen LogP contribution < -0.4 is 4.90 Å². The number of hydrogen-bond donors (Lipinski definition) is 0. The molecule has 0 fully saturated rings. The summed E-state index contributed by atoms with van der Waals surface area (Å²) >= 11 is 0. The maximum absolute atomic E-state index is 14.5. The highest BCUT2D eigenvalue weighted by Gasteiger charge is 2.40. The summed E-state index contributed by atoms with van der Waals surface area (Å²) in [5, 5.41) is 2.22. The van der Waals surface area contributed by atoms with E-state index >= 15 is 0 Å². The molecular formula is C39H26N2O2. The first-order valence-corrected chi connectivity index (χ1v) is 14.4. The number of amides is 2. The summed E-state index contributed by atoms with van der Waals surface area (Å²) in [4.78, 5) is 30.0. The van der Waals surface area contributed by atoms with E-state index in [1.54, 1.807) is 6.07 Å². The number of aryl methyl sites for hydroxylation is 1. The minimum Gasteiger partial charge on any atom is -0.308 e. The van der Waals surface area contributed by atoms with Crippen molar-refractivity contribution in [3.05, 3.63) is 156 Å². The number of carbonyl (C=O) groups is 2. The number of benzene rings is 6. The molecule has 0 atom stereocenters. The summed E-state index contributed by atoms with van der Waals surface area (Å²) in [7, 11) is 0. The Labute approximate surface area is 249 Å². The molecule has 0 unspecified atom stereocenters. The van der Waals surface area contributed by atoms with Gasteiger partial charge in [-0.25, -0.2) is 4.90 Å². The molecule has 4 nitrogen and oxygen atoms in total. The molecule has 7 aromatic rings. The maximum Gasteiger partial charge on any atom is 0.268 e. The normalized spacial score (nSPS) is 12.8. The molecule has 0 aliphatic carbocycles. The van der Waals surface area contributed by atoms with E-state index in [2.05, 4.69) is 60.0 Å². The lowest BCUT2D eigenvalue weighted by Gasteiger charge is -2.20. The van der Waals surface area contributed by atoms with Gasteiger partial charge in [0.05, 0.1) is 33.5 Å². The van der Waals surface area contributed by atoms with Crippen molar-refractivity contribution in [3.8, 4) is 27.9 Å². The molecule has 4 heteroatoms. The van der Waals surface area contributed by atoms with Crippen molar-refractivity contribution in [1.82, 2.24) is 4.57 Å². The van der Waals surface area contributed by atoms with Gasteiger partial charge in [0, 0.05) is 16.3 Å². The van der Waals surface area contributed by atoms with Gasteiger partial charge in [0.1, 0.15) is 0 Å². The zero-order chi connectivity index (χ0) is 29.1. The van der Waals surface area contributed by atoms with Gasteiger partial charge >= 0.3 is 0 Å². The van der Waals surface area contributed by atoms with Gasteiger partial charge in [0.2, 0.25) is 0 Å². The van der Waals surface area contributed by atoms with Crippen LogP contribution in [0.4, 0.5) is 5.69 Å². The lowest BCUT2D eigenvalue weighted by atomic mass is 9.97. The second-order valence-electron chi connectivity index (χ2n) is 11.0. The van der Waals surface area contributed by atoms with Crippen molar-refractivity contribution in [2.45, 2.75) is 6.92 Å². The Kier molecular flexibility index (Phi) is 5.63. The van der Waals surface area contributed by atoms with Gasteiger partial charge in [-0.1, -0.05) is 103 Å². The van der Waals surface area contributed by atoms with E-state index in [1.165, 1.54) is 10.5 Å². The number of carbonyl (C=O) groups excluding carboxylic acids is 2. The predicted octanol–water partition coefficient (Wildman–Crippen LogP) is 9.23. The second kappa shape index (κ2) is 9.68. The molecular weight excluding hydrogens is 528 g/mol. The van der Waals surface area contributed by atoms with Crippen LogP contribution in [-0.2, 0) is 0 Å². The fourth-order valence-electron chi connectivity index (χ4n) is 6.41. The molecule has 0 bridgehead atoms. The predicted molar refractivity (Wildman–Crippen MR) is 174 cm³/mol. The van der Waals surface area contributed by atoms with Gasteiger partial charge < -0.3 is 4.57 Å². The van der Waals surface area contributed by atoms with Crippen molar-refractivity contribution >= 4 is 39.3 Å². The third-order valence-electron chi connectivity index (χ3n) is 8.39. The lowest BCUT2D eigenvalue weighted by Crippen LogP contribution is -2.30. The Morgan fingerprint density at radius 2 is 1.16 bits per heavy atom. The topological polar surface area (TPSA) is 42.3 Å². The SMILES string of the molecule is Cc1ccc2c(c1)c1ccccc1n2-c1cccc2c1C(=O)N(c1ccc(-c3ccccc3)cc1-c1ccccc1)C2=O. The van der Waals surface area contributed by atoms with E-state index < -0.39 is 0 Å². The number of hydrogen-bond acceptors (Lipinski definition) is 2. The van der Waals surface area contributed by atoms with Crippen molar-refractivity contribution in [1.29, 1.82) is 0 Å². The second-order valence-corrected chi connectivity index (χ2v) is 11.0. The van der Waals surface area contributed by atoms with Gasteiger partial charge in [-0.2, -0.15) is 0 Å². The number of rotatable bonds is 4. The quantitative estimate of drug-likeness (QED) is 0.204. The Bertz CT molecular complexity index is 2230. The van der Waals surface area contributed by atoms with Crippen LogP contribution in [0.25, 0.3) is 49.7 Å². The monoisotopic (exact) mass is 554 g/mol. The molecule has 0 saturated heterocycles. The van der Waals surface area contributed by atoms with Crippen LogP contribution in [0.1, 0.15) is 26.3 Å². The zero-order valence-corrected chi connectivity index (χ0v) is 23.5. The molecule has 0 spiro atoms. The fraction of sp³-hybridized carbons (Fsp3) is 0.0256.